The van der Waals surface area contributed by atoms with E-state index in [9.17, 15) is 0 Å². The summed E-state index contributed by atoms with van der Waals surface area (Å²) >= 11 is 1.85. The highest BCUT2D eigenvalue weighted by molar-refractivity contribution is 7.25. The molecular formula is C77H52N2S. The van der Waals surface area contributed by atoms with E-state index >= 15 is 0 Å². The second-order valence-corrected chi connectivity index (χ2v) is 21.9. The fourth-order valence-electron chi connectivity index (χ4n) is 12.7. The van der Waals surface area contributed by atoms with Gasteiger partial charge in [0.05, 0.1) is 5.41 Å². The standard InChI is InChI=1S/C77H52N2S/c1-5-20-53(21-6-1)54-38-43-63(44-39-54)78(61-26-9-3-10-27-61)65-48-58(49-66(51-65)79(62-28-11-4-12-29-62)64-45-47-76-72(52-64)71-32-16-18-35-75(71)80-76)57-40-46-70-69-31-15-17-34-73(69)77(74(70)50-57,59-24-7-2-8-25-59)60-41-36-56(37-42-60)68-33-19-23-55-22-13-14-30-67(55)68/h1-52H. The molecule has 14 aromatic rings. The summed E-state index contributed by atoms with van der Waals surface area (Å²) in [5.74, 6) is 0. The van der Waals surface area contributed by atoms with Crippen LogP contribution in [0.25, 0.3) is 75.5 Å². The molecule has 13 aromatic carbocycles. The highest BCUT2D eigenvalue weighted by atomic mass is 32.1. The molecule has 1 heterocycles. The third kappa shape index (κ3) is 8.01. The molecule has 1 aliphatic rings. The predicted octanol–water partition coefficient (Wildman–Crippen LogP) is 21.5. The number of nitrogens with zero attached hydrogens (tertiary/aromatic N) is 2. The minimum Gasteiger partial charge on any atom is -0.310 e. The van der Waals surface area contributed by atoms with Gasteiger partial charge in [-0.2, -0.15) is 0 Å². The van der Waals surface area contributed by atoms with E-state index in [1.165, 1.54) is 86.6 Å². The fourth-order valence-corrected chi connectivity index (χ4v) is 13.8. The van der Waals surface area contributed by atoms with E-state index in [4.69, 9.17) is 0 Å². The van der Waals surface area contributed by atoms with Gasteiger partial charge >= 0.3 is 0 Å². The average Bonchev–Trinajstić information content (AvgIpc) is 4.11. The lowest BCUT2D eigenvalue weighted by Gasteiger charge is -2.34. The van der Waals surface area contributed by atoms with E-state index in [-0.39, 0.29) is 0 Å². The Bertz CT molecular complexity index is 4570. The van der Waals surface area contributed by atoms with Gasteiger partial charge in [0.15, 0.2) is 0 Å². The van der Waals surface area contributed by atoms with E-state index in [1.807, 2.05) is 11.3 Å². The summed E-state index contributed by atoms with van der Waals surface area (Å²) < 4.78 is 2.56. The second-order valence-electron chi connectivity index (χ2n) is 20.8. The SMILES string of the molecule is c1ccc(-c2ccc(N(c3ccccc3)c3cc(-c4ccc5c(c4)C(c4ccccc4)(c4ccc(-c6cccc7ccccc67)cc4)c4ccccc4-5)cc(N(c4ccccc4)c4ccc5sc6ccccc6c5c4)c3)cc2)cc1. The summed E-state index contributed by atoms with van der Waals surface area (Å²) in [4.78, 5) is 4.85. The molecular weight excluding hydrogens is 985 g/mol. The van der Waals surface area contributed by atoms with Crippen LogP contribution in [0.4, 0.5) is 34.1 Å². The topological polar surface area (TPSA) is 6.48 Å². The van der Waals surface area contributed by atoms with Crippen LogP contribution in [-0.4, -0.2) is 0 Å². The summed E-state index contributed by atoms with van der Waals surface area (Å²) in [6.45, 7) is 0. The van der Waals surface area contributed by atoms with Crippen molar-refractivity contribution in [3.05, 3.63) is 338 Å². The van der Waals surface area contributed by atoms with Crippen LogP contribution < -0.4 is 9.80 Å². The Morgan fingerprint density at radius 3 is 1.48 bits per heavy atom. The highest BCUT2D eigenvalue weighted by Crippen LogP contribution is 2.57. The summed E-state index contributed by atoms with van der Waals surface area (Å²) in [6.07, 6.45) is 0. The molecule has 2 nitrogen and oxygen atoms in total. The number of hydrogen-bond acceptors (Lipinski definition) is 3. The Morgan fingerprint density at radius 2 is 0.738 bits per heavy atom. The van der Waals surface area contributed by atoms with Crippen LogP contribution in [0.15, 0.2) is 315 Å². The van der Waals surface area contributed by atoms with Gasteiger partial charge in [0.25, 0.3) is 0 Å². The molecule has 0 amide bonds. The number of thiophene rings is 1. The first-order valence-corrected chi connectivity index (χ1v) is 28.3. The van der Waals surface area contributed by atoms with E-state index in [2.05, 4.69) is 325 Å². The van der Waals surface area contributed by atoms with Gasteiger partial charge in [0.1, 0.15) is 0 Å². The maximum Gasteiger partial charge on any atom is 0.0713 e. The van der Waals surface area contributed by atoms with Crippen molar-refractivity contribution in [3.8, 4) is 44.5 Å². The normalized spacial score (nSPS) is 13.6. The van der Waals surface area contributed by atoms with Crippen LogP contribution in [0, 0.1) is 0 Å². The van der Waals surface area contributed by atoms with Crippen LogP contribution in [-0.2, 0) is 5.41 Å². The Hall–Kier alpha value is -10.1. The zero-order valence-electron chi connectivity index (χ0n) is 43.8. The highest BCUT2D eigenvalue weighted by Gasteiger charge is 2.46. The first kappa shape index (κ1) is 47.2. The van der Waals surface area contributed by atoms with Crippen molar-refractivity contribution in [1.82, 2.24) is 0 Å². The van der Waals surface area contributed by atoms with Crippen molar-refractivity contribution in [2.24, 2.45) is 0 Å². The Labute approximate surface area is 471 Å². The Kier molecular flexibility index (Phi) is 11.6. The molecule has 1 atom stereocenters. The minimum atomic E-state index is -0.619. The molecule has 376 valence electrons. The maximum atomic E-state index is 2.50. The predicted molar refractivity (Wildman–Crippen MR) is 340 cm³/mol. The van der Waals surface area contributed by atoms with Gasteiger partial charge in [-0.15, -0.1) is 11.3 Å². The van der Waals surface area contributed by atoms with Crippen LogP contribution in [0.3, 0.4) is 0 Å². The molecule has 0 saturated heterocycles. The summed E-state index contributed by atoms with van der Waals surface area (Å²) in [6, 6.07) is 116. The Morgan fingerprint density at radius 1 is 0.237 bits per heavy atom. The number of fused-ring (bicyclic) bond motifs is 7. The van der Waals surface area contributed by atoms with Crippen LogP contribution in [0.1, 0.15) is 22.3 Å². The van der Waals surface area contributed by atoms with E-state index in [0.29, 0.717) is 0 Å². The van der Waals surface area contributed by atoms with E-state index < -0.39 is 5.41 Å². The fraction of sp³-hybridized carbons (Fsp3) is 0.0130. The van der Waals surface area contributed by atoms with Gasteiger partial charge in [-0.25, -0.2) is 0 Å². The lowest BCUT2D eigenvalue weighted by atomic mass is 9.67. The van der Waals surface area contributed by atoms with E-state index in [1.54, 1.807) is 0 Å². The Balaban J connectivity index is 0.965. The maximum absolute atomic E-state index is 2.50. The first-order chi connectivity index (χ1) is 39.7. The van der Waals surface area contributed by atoms with Crippen molar-refractivity contribution >= 4 is 76.4 Å². The van der Waals surface area contributed by atoms with Crippen molar-refractivity contribution < 1.29 is 0 Å². The quantitative estimate of drug-likeness (QED) is 0.127. The molecule has 1 unspecified atom stereocenters. The lowest BCUT2D eigenvalue weighted by Crippen LogP contribution is -2.28. The molecule has 1 aliphatic carbocycles. The monoisotopic (exact) mass is 1040 g/mol. The molecule has 0 saturated carbocycles. The number of hydrogen-bond donors (Lipinski definition) is 0. The third-order valence-electron chi connectivity index (χ3n) is 16.3. The molecule has 0 N–H and O–H groups in total. The molecule has 0 aliphatic heterocycles. The van der Waals surface area contributed by atoms with Gasteiger partial charge in [0, 0.05) is 54.3 Å². The number of anilines is 6. The molecule has 15 rings (SSSR count). The van der Waals surface area contributed by atoms with Crippen molar-refractivity contribution in [3.63, 3.8) is 0 Å². The summed E-state index contributed by atoms with van der Waals surface area (Å²) in [5, 5.41) is 5.02. The van der Waals surface area contributed by atoms with Gasteiger partial charge in [-0.3, -0.25) is 0 Å². The van der Waals surface area contributed by atoms with Gasteiger partial charge in [0.2, 0.25) is 0 Å². The van der Waals surface area contributed by atoms with Gasteiger partial charge < -0.3 is 9.80 Å². The van der Waals surface area contributed by atoms with Crippen molar-refractivity contribution in [1.29, 1.82) is 0 Å². The average molecular weight is 1040 g/mol. The van der Waals surface area contributed by atoms with Gasteiger partial charge in [-0.05, 0) is 162 Å². The lowest BCUT2D eigenvalue weighted by molar-refractivity contribution is 0.769. The van der Waals surface area contributed by atoms with Gasteiger partial charge in [-0.1, -0.05) is 231 Å². The second kappa shape index (κ2) is 19.7. The zero-order chi connectivity index (χ0) is 53.0. The smallest absolute Gasteiger partial charge is 0.0713 e. The third-order valence-corrected chi connectivity index (χ3v) is 17.5. The molecule has 0 fully saturated rings. The van der Waals surface area contributed by atoms with Crippen molar-refractivity contribution in [2.75, 3.05) is 9.80 Å². The number of para-hydroxylation sites is 2. The minimum absolute atomic E-state index is 0.619. The molecule has 1 aromatic heterocycles. The first-order valence-electron chi connectivity index (χ1n) is 27.5. The number of rotatable bonds is 11. The largest absolute Gasteiger partial charge is 0.310 e. The molecule has 3 heteroatoms. The number of benzene rings is 13. The molecule has 80 heavy (non-hydrogen) atoms. The summed E-state index contributed by atoms with van der Waals surface area (Å²) in [7, 11) is 0. The zero-order valence-corrected chi connectivity index (χ0v) is 44.6. The summed E-state index contributed by atoms with van der Waals surface area (Å²) in [5.41, 5.74) is 20.3. The van der Waals surface area contributed by atoms with Crippen LogP contribution in [0.5, 0.6) is 0 Å². The van der Waals surface area contributed by atoms with E-state index in [0.717, 1.165) is 45.3 Å². The van der Waals surface area contributed by atoms with Crippen LogP contribution >= 0.6 is 11.3 Å². The molecule has 0 radical (unpaired) electrons. The molecule has 0 bridgehead atoms. The molecule has 0 spiro atoms. The van der Waals surface area contributed by atoms with Crippen molar-refractivity contribution in [2.45, 2.75) is 5.41 Å². The van der Waals surface area contributed by atoms with Crippen LogP contribution in [0.2, 0.25) is 0 Å².